The highest BCUT2D eigenvalue weighted by molar-refractivity contribution is 7.89. The van der Waals surface area contributed by atoms with E-state index < -0.39 is 10.0 Å². The standard InChI is InChI=1S/C17H21N3O5S/c1-2-8-26(21,22)20-7-3-4-13(10-20)17-19-18-16(25-17)12-5-6-14-15(9-12)24-11-23-14/h5-6,9,13H,2-4,7-8,10-11H2,1H3. The van der Waals surface area contributed by atoms with Crippen molar-refractivity contribution < 1.29 is 22.3 Å². The van der Waals surface area contributed by atoms with E-state index in [1.54, 1.807) is 16.4 Å². The molecule has 2 aromatic rings. The van der Waals surface area contributed by atoms with Crippen molar-refractivity contribution in [3.8, 4) is 23.0 Å². The highest BCUT2D eigenvalue weighted by Gasteiger charge is 2.32. The Balaban J connectivity index is 1.52. The smallest absolute Gasteiger partial charge is 0.247 e. The third kappa shape index (κ3) is 3.28. The Kier molecular flexibility index (Phi) is 4.58. The van der Waals surface area contributed by atoms with E-state index in [1.165, 1.54) is 0 Å². The van der Waals surface area contributed by atoms with Crippen LogP contribution in [0, 0.1) is 0 Å². The molecule has 0 amide bonds. The monoisotopic (exact) mass is 379 g/mol. The van der Waals surface area contributed by atoms with Gasteiger partial charge < -0.3 is 13.9 Å². The zero-order chi connectivity index (χ0) is 18.1. The van der Waals surface area contributed by atoms with Crippen molar-refractivity contribution in [2.24, 2.45) is 0 Å². The van der Waals surface area contributed by atoms with E-state index in [1.807, 2.05) is 13.0 Å². The van der Waals surface area contributed by atoms with Crippen LogP contribution >= 0.6 is 0 Å². The number of sulfonamides is 1. The molecule has 0 saturated carbocycles. The van der Waals surface area contributed by atoms with Crippen LogP contribution in [0.15, 0.2) is 22.6 Å². The number of ether oxygens (including phenoxy) is 2. The van der Waals surface area contributed by atoms with Crippen LogP contribution in [0.1, 0.15) is 38.0 Å². The third-order valence-electron chi connectivity index (χ3n) is 4.65. The Hall–Kier alpha value is -2.13. The van der Waals surface area contributed by atoms with Gasteiger partial charge in [-0.15, -0.1) is 10.2 Å². The van der Waals surface area contributed by atoms with Gasteiger partial charge in [-0.25, -0.2) is 12.7 Å². The van der Waals surface area contributed by atoms with Gasteiger partial charge in [-0.05, 0) is 37.5 Å². The van der Waals surface area contributed by atoms with E-state index in [9.17, 15) is 8.42 Å². The van der Waals surface area contributed by atoms with Crippen molar-refractivity contribution in [1.29, 1.82) is 0 Å². The molecular formula is C17H21N3O5S. The quantitative estimate of drug-likeness (QED) is 0.787. The molecule has 1 unspecified atom stereocenters. The van der Waals surface area contributed by atoms with E-state index in [0.29, 0.717) is 42.8 Å². The largest absolute Gasteiger partial charge is 0.454 e. The summed E-state index contributed by atoms with van der Waals surface area (Å²) in [5, 5.41) is 8.29. The molecule has 1 aromatic heterocycles. The van der Waals surface area contributed by atoms with Crippen molar-refractivity contribution in [2.75, 3.05) is 25.6 Å². The summed E-state index contributed by atoms with van der Waals surface area (Å²) in [6.45, 7) is 3.03. The molecule has 0 N–H and O–H groups in total. The maximum atomic E-state index is 12.3. The minimum absolute atomic E-state index is 0.0781. The van der Waals surface area contributed by atoms with E-state index >= 15 is 0 Å². The Morgan fingerprint density at radius 2 is 2.08 bits per heavy atom. The number of rotatable bonds is 5. The molecule has 1 saturated heterocycles. The maximum absolute atomic E-state index is 12.3. The zero-order valence-corrected chi connectivity index (χ0v) is 15.4. The second kappa shape index (κ2) is 6.88. The molecule has 0 spiro atoms. The first kappa shape index (κ1) is 17.3. The summed E-state index contributed by atoms with van der Waals surface area (Å²) in [5.74, 6) is 2.31. The highest BCUT2D eigenvalue weighted by atomic mass is 32.2. The third-order valence-corrected chi connectivity index (χ3v) is 6.69. The second-order valence-electron chi connectivity index (χ2n) is 6.53. The topological polar surface area (TPSA) is 94.8 Å². The average Bonchev–Trinajstić information content (AvgIpc) is 3.30. The predicted octanol–water partition coefficient (Wildman–Crippen LogP) is 2.38. The maximum Gasteiger partial charge on any atom is 0.247 e. The number of benzene rings is 1. The molecule has 1 fully saturated rings. The number of hydrogen-bond acceptors (Lipinski definition) is 7. The van der Waals surface area contributed by atoms with Crippen LogP contribution in [-0.4, -0.2) is 48.6 Å². The van der Waals surface area contributed by atoms with Gasteiger partial charge in [0, 0.05) is 18.7 Å². The van der Waals surface area contributed by atoms with Gasteiger partial charge in [0.15, 0.2) is 11.5 Å². The first-order chi connectivity index (χ1) is 12.6. The number of nitrogens with zero attached hydrogens (tertiary/aromatic N) is 3. The summed E-state index contributed by atoms with van der Waals surface area (Å²) in [7, 11) is -3.21. The average molecular weight is 379 g/mol. The van der Waals surface area contributed by atoms with Gasteiger partial charge >= 0.3 is 0 Å². The number of piperidine rings is 1. The molecule has 0 aliphatic carbocycles. The fourth-order valence-corrected chi connectivity index (χ4v) is 4.92. The molecule has 9 heteroatoms. The van der Waals surface area contributed by atoms with Gasteiger partial charge in [0.1, 0.15) is 0 Å². The summed E-state index contributed by atoms with van der Waals surface area (Å²) < 4.78 is 42.7. The molecule has 4 rings (SSSR count). The Morgan fingerprint density at radius 3 is 2.92 bits per heavy atom. The SMILES string of the molecule is CCCS(=O)(=O)N1CCCC(c2nnc(-c3ccc4c(c3)OCO4)o2)C1. The Bertz CT molecular complexity index is 896. The highest BCUT2D eigenvalue weighted by Crippen LogP contribution is 2.36. The van der Waals surface area contributed by atoms with Crippen LogP contribution in [0.5, 0.6) is 11.5 Å². The summed E-state index contributed by atoms with van der Waals surface area (Å²) in [5.41, 5.74) is 0.749. The number of fused-ring (bicyclic) bond motifs is 1. The predicted molar refractivity (Wildman–Crippen MR) is 93.5 cm³/mol. The molecule has 2 aliphatic heterocycles. The molecule has 0 radical (unpaired) electrons. The van der Waals surface area contributed by atoms with Crippen molar-refractivity contribution >= 4 is 10.0 Å². The van der Waals surface area contributed by atoms with Crippen molar-refractivity contribution in [3.63, 3.8) is 0 Å². The van der Waals surface area contributed by atoms with Crippen LogP contribution in [0.4, 0.5) is 0 Å². The molecule has 2 aliphatic rings. The summed E-state index contributed by atoms with van der Waals surface area (Å²) in [4.78, 5) is 0. The normalized spacial score (nSPS) is 20.4. The van der Waals surface area contributed by atoms with Gasteiger partial charge in [-0.1, -0.05) is 6.92 Å². The minimum atomic E-state index is -3.21. The van der Waals surface area contributed by atoms with Gasteiger partial charge in [-0.3, -0.25) is 0 Å². The van der Waals surface area contributed by atoms with Gasteiger partial charge in [-0.2, -0.15) is 0 Å². The van der Waals surface area contributed by atoms with E-state index in [4.69, 9.17) is 13.9 Å². The van der Waals surface area contributed by atoms with Gasteiger partial charge in [0.05, 0.1) is 11.7 Å². The summed E-state index contributed by atoms with van der Waals surface area (Å²) >= 11 is 0. The van der Waals surface area contributed by atoms with E-state index in [2.05, 4.69) is 10.2 Å². The Morgan fingerprint density at radius 1 is 1.23 bits per heavy atom. The molecule has 8 nitrogen and oxygen atoms in total. The summed E-state index contributed by atoms with van der Waals surface area (Å²) in [6.07, 6.45) is 2.23. The van der Waals surface area contributed by atoms with Crippen molar-refractivity contribution in [3.05, 3.63) is 24.1 Å². The van der Waals surface area contributed by atoms with Crippen LogP contribution in [-0.2, 0) is 10.0 Å². The lowest BCUT2D eigenvalue weighted by Crippen LogP contribution is -2.40. The van der Waals surface area contributed by atoms with Crippen molar-refractivity contribution in [1.82, 2.24) is 14.5 Å². The van der Waals surface area contributed by atoms with Crippen LogP contribution < -0.4 is 9.47 Å². The fourth-order valence-electron chi connectivity index (χ4n) is 3.33. The lowest BCUT2D eigenvalue weighted by atomic mass is 10.00. The van der Waals surface area contributed by atoms with Gasteiger partial charge in [0.25, 0.3) is 0 Å². The second-order valence-corrected chi connectivity index (χ2v) is 8.62. The summed E-state index contributed by atoms with van der Waals surface area (Å²) in [6, 6.07) is 5.45. The number of aromatic nitrogens is 2. The first-order valence-electron chi connectivity index (χ1n) is 8.78. The fraction of sp³-hybridized carbons (Fsp3) is 0.529. The molecule has 140 valence electrons. The molecule has 1 aromatic carbocycles. The molecule has 0 bridgehead atoms. The number of hydrogen-bond donors (Lipinski definition) is 0. The van der Waals surface area contributed by atoms with Crippen molar-refractivity contribution in [2.45, 2.75) is 32.1 Å². The molecule has 3 heterocycles. The van der Waals surface area contributed by atoms with Gasteiger partial charge in [0.2, 0.25) is 28.6 Å². The lowest BCUT2D eigenvalue weighted by molar-refractivity contribution is 0.174. The minimum Gasteiger partial charge on any atom is -0.454 e. The first-order valence-corrected chi connectivity index (χ1v) is 10.4. The van der Waals surface area contributed by atoms with Crippen LogP contribution in [0.2, 0.25) is 0 Å². The molecular weight excluding hydrogens is 358 g/mol. The zero-order valence-electron chi connectivity index (χ0n) is 14.6. The molecule has 1 atom stereocenters. The Labute approximate surface area is 152 Å². The van der Waals surface area contributed by atoms with Crippen LogP contribution in [0.3, 0.4) is 0 Å². The lowest BCUT2D eigenvalue weighted by Gasteiger charge is -2.30. The van der Waals surface area contributed by atoms with E-state index in [0.717, 1.165) is 18.4 Å². The molecule has 26 heavy (non-hydrogen) atoms. The van der Waals surface area contributed by atoms with E-state index in [-0.39, 0.29) is 18.5 Å². The van der Waals surface area contributed by atoms with Crippen LogP contribution in [0.25, 0.3) is 11.5 Å².